The van der Waals surface area contributed by atoms with Gasteiger partial charge in [0.1, 0.15) is 10.0 Å². The first-order valence-corrected chi connectivity index (χ1v) is 11.3. The number of aromatic nitrogens is 2. The van der Waals surface area contributed by atoms with Crippen molar-refractivity contribution in [3.05, 3.63) is 67.3 Å². The van der Waals surface area contributed by atoms with Gasteiger partial charge in [0, 0.05) is 19.5 Å². The van der Waals surface area contributed by atoms with Crippen LogP contribution >= 0.6 is 34.0 Å². The minimum atomic E-state index is 1.04. The maximum atomic E-state index is 3.78. The molecule has 0 N–H and O–H groups in total. The van der Waals surface area contributed by atoms with Crippen molar-refractivity contribution in [2.45, 2.75) is 41.5 Å². The third kappa shape index (κ3) is 4.92. The largest absolute Gasteiger partial charge is 0.144 e. The molecule has 0 aliphatic rings. The molecule has 0 saturated heterocycles. The molecule has 0 unspecified atom stereocenters. The molecule has 0 amide bonds. The average Bonchev–Trinajstić information content (AvgIpc) is 3.32. The molecule has 4 aromatic rings. The van der Waals surface area contributed by atoms with Crippen LogP contribution in [0.1, 0.15) is 30.9 Å². The van der Waals surface area contributed by atoms with Crippen molar-refractivity contribution in [3.63, 3.8) is 0 Å². The molecule has 0 bridgehead atoms. The molecule has 4 rings (SSSR count). The van der Waals surface area contributed by atoms with Crippen LogP contribution in [-0.4, -0.2) is 10.2 Å². The Hall–Kier alpha value is -1.82. The molecule has 0 aliphatic carbocycles. The van der Waals surface area contributed by atoms with E-state index in [0.717, 1.165) is 10.0 Å². The summed E-state index contributed by atoms with van der Waals surface area (Å²) in [4.78, 5) is 5.49. The highest BCUT2D eigenvalue weighted by Gasteiger charge is 2.10. The lowest BCUT2D eigenvalue weighted by Crippen LogP contribution is -1.87. The fraction of sp³-hybridized carbons (Fsp3) is 0.273. The van der Waals surface area contributed by atoms with Gasteiger partial charge in [0.15, 0.2) is 0 Å². The standard InChI is InChI=1S/C18H18S2.C4H6N2S/c1-11-9-16(18-8-6-14(4)20-18)12(2)10-15(11)17-7-5-13(3)19-17;1-3-5-6-4(2)7-3/h5-10H,1-4H3;1-2H3. The number of hydrogen-bond acceptors (Lipinski definition) is 5. The van der Waals surface area contributed by atoms with Crippen molar-refractivity contribution in [2.75, 3.05) is 0 Å². The summed E-state index contributed by atoms with van der Waals surface area (Å²) in [5.41, 5.74) is 5.47. The highest BCUT2D eigenvalue weighted by atomic mass is 32.1. The lowest BCUT2D eigenvalue weighted by atomic mass is 9.98. The van der Waals surface area contributed by atoms with E-state index in [1.807, 2.05) is 36.5 Å². The van der Waals surface area contributed by atoms with E-state index in [1.54, 1.807) is 11.3 Å². The van der Waals surface area contributed by atoms with Crippen LogP contribution in [0.2, 0.25) is 0 Å². The van der Waals surface area contributed by atoms with Crippen molar-refractivity contribution in [2.24, 2.45) is 0 Å². The summed E-state index contributed by atoms with van der Waals surface area (Å²) in [7, 11) is 0. The number of thiophene rings is 2. The topological polar surface area (TPSA) is 25.8 Å². The third-order valence-electron chi connectivity index (χ3n) is 4.21. The first kappa shape index (κ1) is 19.9. The molecule has 0 spiro atoms. The highest BCUT2D eigenvalue weighted by molar-refractivity contribution is 7.15. The molecular formula is C22H24N2S3. The molecule has 27 heavy (non-hydrogen) atoms. The van der Waals surface area contributed by atoms with Gasteiger partial charge in [-0.15, -0.1) is 44.2 Å². The van der Waals surface area contributed by atoms with Gasteiger partial charge in [-0.05, 0) is 100 Å². The second-order valence-corrected chi connectivity index (χ2v) is 10.6. The Morgan fingerprint density at radius 2 is 0.963 bits per heavy atom. The van der Waals surface area contributed by atoms with Gasteiger partial charge >= 0.3 is 0 Å². The Bertz CT molecular complexity index is 971. The van der Waals surface area contributed by atoms with Crippen molar-refractivity contribution < 1.29 is 0 Å². The van der Waals surface area contributed by atoms with E-state index >= 15 is 0 Å². The minimum Gasteiger partial charge on any atom is -0.144 e. The molecule has 2 nitrogen and oxygen atoms in total. The fourth-order valence-corrected chi connectivity index (χ4v) is 5.39. The summed E-state index contributed by atoms with van der Waals surface area (Å²) >= 11 is 5.36. The van der Waals surface area contributed by atoms with Gasteiger partial charge in [-0.25, -0.2) is 0 Å². The van der Waals surface area contributed by atoms with Gasteiger partial charge in [-0.3, -0.25) is 0 Å². The Morgan fingerprint density at radius 3 is 1.22 bits per heavy atom. The fourth-order valence-electron chi connectivity index (χ4n) is 2.90. The Kier molecular flexibility index (Phi) is 6.25. The number of aryl methyl sites for hydroxylation is 6. The first-order chi connectivity index (χ1) is 12.8. The van der Waals surface area contributed by atoms with E-state index in [2.05, 4.69) is 74.3 Å². The predicted octanol–water partition coefficient (Wildman–Crippen LogP) is 7.53. The zero-order valence-electron chi connectivity index (χ0n) is 16.6. The maximum absolute atomic E-state index is 3.78. The number of nitrogens with zero attached hydrogens (tertiary/aromatic N) is 2. The summed E-state index contributed by atoms with van der Waals surface area (Å²) in [6.45, 7) is 12.7. The lowest BCUT2D eigenvalue weighted by molar-refractivity contribution is 1.02. The van der Waals surface area contributed by atoms with E-state index < -0.39 is 0 Å². The molecule has 0 aliphatic heterocycles. The summed E-state index contributed by atoms with van der Waals surface area (Å²) < 4.78 is 0. The van der Waals surface area contributed by atoms with Crippen LogP contribution < -0.4 is 0 Å². The monoisotopic (exact) mass is 412 g/mol. The number of hydrogen-bond donors (Lipinski definition) is 0. The van der Waals surface area contributed by atoms with Crippen LogP contribution in [0.15, 0.2) is 36.4 Å². The first-order valence-electron chi connectivity index (χ1n) is 8.85. The van der Waals surface area contributed by atoms with Crippen LogP contribution in [0.25, 0.3) is 20.9 Å². The summed E-state index contributed by atoms with van der Waals surface area (Å²) in [6, 6.07) is 13.5. The van der Waals surface area contributed by atoms with Gasteiger partial charge in [-0.1, -0.05) is 0 Å². The van der Waals surface area contributed by atoms with E-state index in [0.29, 0.717) is 0 Å². The zero-order chi connectivity index (χ0) is 19.6. The number of benzene rings is 1. The summed E-state index contributed by atoms with van der Waals surface area (Å²) in [5, 5.41) is 9.65. The summed E-state index contributed by atoms with van der Waals surface area (Å²) in [5.74, 6) is 0. The van der Waals surface area contributed by atoms with Crippen LogP contribution in [0, 0.1) is 41.5 Å². The third-order valence-corrected chi connectivity index (χ3v) is 7.03. The van der Waals surface area contributed by atoms with E-state index in [9.17, 15) is 0 Å². The van der Waals surface area contributed by atoms with Crippen LogP contribution in [0.3, 0.4) is 0 Å². The van der Waals surface area contributed by atoms with Gasteiger partial charge in [0.25, 0.3) is 0 Å². The maximum Gasteiger partial charge on any atom is 0.114 e. The van der Waals surface area contributed by atoms with Crippen LogP contribution in [0.4, 0.5) is 0 Å². The van der Waals surface area contributed by atoms with Crippen molar-refractivity contribution in [3.8, 4) is 20.9 Å². The second-order valence-electron chi connectivity index (χ2n) is 6.64. The molecular weight excluding hydrogens is 388 g/mol. The zero-order valence-corrected chi connectivity index (χ0v) is 19.0. The SMILES string of the molecule is Cc1ccc(-c2cc(C)c(-c3ccc(C)s3)cc2C)s1.Cc1nnc(C)s1. The van der Waals surface area contributed by atoms with E-state index in [-0.39, 0.29) is 0 Å². The molecule has 0 atom stereocenters. The van der Waals surface area contributed by atoms with Gasteiger partial charge in [-0.2, -0.15) is 0 Å². The van der Waals surface area contributed by atoms with Crippen molar-refractivity contribution in [1.82, 2.24) is 10.2 Å². The smallest absolute Gasteiger partial charge is 0.114 e. The van der Waals surface area contributed by atoms with Gasteiger partial charge in [0.05, 0.1) is 0 Å². The van der Waals surface area contributed by atoms with E-state index in [4.69, 9.17) is 0 Å². The van der Waals surface area contributed by atoms with Crippen LogP contribution in [-0.2, 0) is 0 Å². The molecule has 0 radical (unpaired) electrons. The van der Waals surface area contributed by atoms with Crippen molar-refractivity contribution in [1.29, 1.82) is 0 Å². The Balaban J connectivity index is 0.000000253. The Labute approximate surface area is 173 Å². The average molecular weight is 413 g/mol. The lowest BCUT2D eigenvalue weighted by Gasteiger charge is -2.10. The molecule has 1 aromatic carbocycles. The quantitative estimate of drug-likeness (QED) is 0.340. The normalized spacial score (nSPS) is 10.6. The number of rotatable bonds is 2. The minimum absolute atomic E-state index is 1.04. The van der Waals surface area contributed by atoms with Crippen LogP contribution in [0.5, 0.6) is 0 Å². The van der Waals surface area contributed by atoms with Crippen molar-refractivity contribution >= 4 is 34.0 Å². The van der Waals surface area contributed by atoms with E-state index in [1.165, 1.54) is 41.8 Å². The molecule has 0 fully saturated rings. The highest BCUT2D eigenvalue weighted by Crippen LogP contribution is 2.37. The Morgan fingerprint density at radius 1 is 0.556 bits per heavy atom. The molecule has 0 saturated carbocycles. The predicted molar refractivity (Wildman–Crippen MR) is 121 cm³/mol. The molecule has 3 heterocycles. The van der Waals surface area contributed by atoms with Gasteiger partial charge < -0.3 is 0 Å². The van der Waals surface area contributed by atoms with Gasteiger partial charge in [0.2, 0.25) is 0 Å². The second kappa shape index (κ2) is 8.46. The summed E-state index contributed by atoms with van der Waals surface area (Å²) in [6.07, 6.45) is 0. The molecule has 3 aromatic heterocycles. The molecule has 5 heteroatoms. The molecule has 140 valence electrons.